The van der Waals surface area contributed by atoms with Crippen molar-refractivity contribution >= 4 is 16.7 Å². The second-order valence-electron chi connectivity index (χ2n) is 5.36. The molecule has 0 spiro atoms. The average molecular weight is 271 g/mol. The zero-order valence-electron chi connectivity index (χ0n) is 12.2. The van der Waals surface area contributed by atoms with Crippen LogP contribution in [0.1, 0.15) is 25.5 Å². The van der Waals surface area contributed by atoms with Crippen molar-refractivity contribution in [1.29, 1.82) is 0 Å². The molecule has 0 aromatic heterocycles. The molecule has 2 aromatic rings. The molecule has 0 aliphatic rings. The third kappa shape index (κ3) is 3.36. The lowest BCUT2D eigenvalue weighted by Gasteiger charge is -2.18. The molecular formula is C17H21NO2. The molecule has 1 unspecified atom stereocenters. The third-order valence-corrected chi connectivity index (χ3v) is 3.27. The Balaban J connectivity index is 2.32. The Kier molecular flexibility index (Phi) is 4.74. The van der Waals surface area contributed by atoms with Gasteiger partial charge in [-0.05, 0) is 34.9 Å². The Hall–Kier alpha value is -1.87. The van der Waals surface area contributed by atoms with Crippen molar-refractivity contribution in [3.8, 4) is 0 Å². The molecule has 2 aromatic carbocycles. The number of esters is 1. The number of hydrogen-bond donors (Lipinski definition) is 1. The molecule has 0 aliphatic carbocycles. The summed E-state index contributed by atoms with van der Waals surface area (Å²) in [5, 5.41) is 5.58. The number of nitrogens with one attached hydrogen (secondary N) is 1. The smallest absolute Gasteiger partial charge is 0.327 e. The van der Waals surface area contributed by atoms with Crippen molar-refractivity contribution in [3.05, 3.63) is 48.0 Å². The third-order valence-electron chi connectivity index (χ3n) is 3.27. The van der Waals surface area contributed by atoms with Crippen LogP contribution in [-0.2, 0) is 9.53 Å². The van der Waals surface area contributed by atoms with E-state index in [-0.39, 0.29) is 5.97 Å². The van der Waals surface area contributed by atoms with Gasteiger partial charge in [0.1, 0.15) is 6.04 Å². The van der Waals surface area contributed by atoms with Crippen LogP contribution in [0.3, 0.4) is 0 Å². The first-order valence-corrected chi connectivity index (χ1v) is 6.91. The lowest BCUT2D eigenvalue weighted by atomic mass is 10.0. The first-order chi connectivity index (χ1) is 9.61. The average Bonchev–Trinajstić information content (AvgIpc) is 2.46. The van der Waals surface area contributed by atoms with E-state index in [1.54, 1.807) is 0 Å². The number of ether oxygens (including phenoxy) is 1. The van der Waals surface area contributed by atoms with E-state index in [9.17, 15) is 4.79 Å². The fourth-order valence-electron chi connectivity index (χ4n) is 2.20. The molecule has 106 valence electrons. The number of rotatable bonds is 5. The van der Waals surface area contributed by atoms with Crippen LogP contribution in [0.2, 0.25) is 0 Å². The highest BCUT2D eigenvalue weighted by molar-refractivity contribution is 5.85. The van der Waals surface area contributed by atoms with Crippen LogP contribution in [0.25, 0.3) is 10.8 Å². The molecule has 0 radical (unpaired) electrons. The Morgan fingerprint density at radius 3 is 2.50 bits per heavy atom. The zero-order chi connectivity index (χ0) is 14.5. The number of carbonyl (C=O) groups is 1. The Labute approximate surface area is 119 Å². The SMILES string of the molecule is COC(=O)C(NCC(C)C)c1ccc2ccccc2c1. The summed E-state index contributed by atoms with van der Waals surface area (Å²) in [6.07, 6.45) is 0. The number of hydrogen-bond acceptors (Lipinski definition) is 3. The molecule has 0 bridgehead atoms. The molecular weight excluding hydrogens is 250 g/mol. The van der Waals surface area contributed by atoms with Crippen molar-refractivity contribution in [2.75, 3.05) is 13.7 Å². The van der Waals surface area contributed by atoms with Crippen LogP contribution in [0.15, 0.2) is 42.5 Å². The van der Waals surface area contributed by atoms with Gasteiger partial charge in [-0.3, -0.25) is 0 Å². The topological polar surface area (TPSA) is 38.3 Å². The molecule has 0 fully saturated rings. The normalized spacial score (nSPS) is 12.6. The maximum atomic E-state index is 12.0. The second kappa shape index (κ2) is 6.53. The lowest BCUT2D eigenvalue weighted by Crippen LogP contribution is -2.32. The van der Waals surface area contributed by atoms with Gasteiger partial charge in [0.2, 0.25) is 0 Å². The first-order valence-electron chi connectivity index (χ1n) is 6.91. The minimum atomic E-state index is -0.410. The van der Waals surface area contributed by atoms with E-state index >= 15 is 0 Å². The van der Waals surface area contributed by atoms with Gasteiger partial charge in [-0.1, -0.05) is 50.2 Å². The molecule has 3 heteroatoms. The van der Waals surface area contributed by atoms with Crippen molar-refractivity contribution in [1.82, 2.24) is 5.32 Å². The molecule has 20 heavy (non-hydrogen) atoms. The minimum absolute atomic E-state index is 0.249. The second-order valence-corrected chi connectivity index (χ2v) is 5.36. The number of methoxy groups -OCH3 is 1. The fourth-order valence-corrected chi connectivity index (χ4v) is 2.20. The van der Waals surface area contributed by atoms with E-state index in [0.29, 0.717) is 5.92 Å². The van der Waals surface area contributed by atoms with Crippen LogP contribution < -0.4 is 5.32 Å². The van der Waals surface area contributed by atoms with E-state index in [0.717, 1.165) is 17.5 Å². The highest BCUT2D eigenvalue weighted by Crippen LogP contribution is 2.21. The van der Waals surface area contributed by atoms with Crippen LogP contribution in [-0.4, -0.2) is 19.6 Å². The summed E-state index contributed by atoms with van der Waals surface area (Å²) in [6.45, 7) is 5.00. The van der Waals surface area contributed by atoms with E-state index < -0.39 is 6.04 Å². The van der Waals surface area contributed by atoms with Crippen molar-refractivity contribution in [3.63, 3.8) is 0 Å². The van der Waals surface area contributed by atoms with Gasteiger partial charge in [-0.15, -0.1) is 0 Å². The number of carbonyl (C=O) groups excluding carboxylic acids is 1. The maximum absolute atomic E-state index is 12.0. The fraction of sp³-hybridized carbons (Fsp3) is 0.353. The minimum Gasteiger partial charge on any atom is -0.468 e. The first kappa shape index (κ1) is 14.5. The summed E-state index contributed by atoms with van der Waals surface area (Å²) in [5.41, 5.74) is 0.941. The van der Waals surface area contributed by atoms with Gasteiger partial charge in [-0.2, -0.15) is 0 Å². The Bertz CT molecular complexity index is 592. The summed E-state index contributed by atoms with van der Waals surface area (Å²) >= 11 is 0. The monoisotopic (exact) mass is 271 g/mol. The summed E-state index contributed by atoms with van der Waals surface area (Å²) in [5.74, 6) is 0.226. The quantitative estimate of drug-likeness (QED) is 0.848. The molecule has 2 rings (SSSR count). The molecule has 0 saturated carbocycles. The van der Waals surface area contributed by atoms with Gasteiger partial charge in [0.05, 0.1) is 7.11 Å². The van der Waals surface area contributed by atoms with E-state index in [4.69, 9.17) is 4.74 Å². The molecule has 0 aliphatic heterocycles. The lowest BCUT2D eigenvalue weighted by molar-refractivity contribution is -0.143. The summed E-state index contributed by atoms with van der Waals surface area (Å²) in [7, 11) is 1.42. The Morgan fingerprint density at radius 1 is 1.15 bits per heavy atom. The van der Waals surface area contributed by atoms with Gasteiger partial charge in [0, 0.05) is 0 Å². The van der Waals surface area contributed by atoms with E-state index in [1.165, 1.54) is 12.5 Å². The standard InChI is InChI=1S/C17H21NO2/c1-12(2)11-18-16(17(19)20-3)15-9-8-13-6-4-5-7-14(13)10-15/h4-10,12,16,18H,11H2,1-3H3. The molecule has 3 nitrogen and oxygen atoms in total. The number of benzene rings is 2. The van der Waals surface area contributed by atoms with E-state index in [2.05, 4.69) is 31.3 Å². The maximum Gasteiger partial charge on any atom is 0.327 e. The molecule has 1 N–H and O–H groups in total. The van der Waals surface area contributed by atoms with Gasteiger partial charge in [0.15, 0.2) is 0 Å². The van der Waals surface area contributed by atoms with Crippen molar-refractivity contribution < 1.29 is 9.53 Å². The van der Waals surface area contributed by atoms with Crippen LogP contribution in [0.4, 0.5) is 0 Å². The van der Waals surface area contributed by atoms with E-state index in [1.807, 2.05) is 30.3 Å². The van der Waals surface area contributed by atoms with Crippen LogP contribution in [0, 0.1) is 5.92 Å². The Morgan fingerprint density at radius 2 is 1.85 bits per heavy atom. The van der Waals surface area contributed by atoms with Crippen LogP contribution >= 0.6 is 0 Å². The molecule has 1 atom stereocenters. The molecule has 0 saturated heterocycles. The van der Waals surface area contributed by atoms with Gasteiger partial charge < -0.3 is 10.1 Å². The van der Waals surface area contributed by atoms with Gasteiger partial charge in [-0.25, -0.2) is 4.79 Å². The summed E-state index contributed by atoms with van der Waals surface area (Å²) < 4.78 is 4.91. The predicted octanol–water partition coefficient (Wildman–Crippen LogP) is 3.30. The van der Waals surface area contributed by atoms with Crippen LogP contribution in [0.5, 0.6) is 0 Å². The summed E-state index contributed by atoms with van der Waals surface area (Å²) in [4.78, 5) is 12.0. The molecule has 0 amide bonds. The summed E-state index contributed by atoms with van der Waals surface area (Å²) in [6, 6.07) is 13.8. The van der Waals surface area contributed by atoms with Gasteiger partial charge in [0.25, 0.3) is 0 Å². The van der Waals surface area contributed by atoms with Crippen molar-refractivity contribution in [2.24, 2.45) is 5.92 Å². The highest BCUT2D eigenvalue weighted by atomic mass is 16.5. The van der Waals surface area contributed by atoms with Crippen molar-refractivity contribution in [2.45, 2.75) is 19.9 Å². The highest BCUT2D eigenvalue weighted by Gasteiger charge is 2.21. The zero-order valence-corrected chi connectivity index (χ0v) is 12.2. The largest absolute Gasteiger partial charge is 0.468 e. The predicted molar refractivity (Wildman–Crippen MR) is 81.5 cm³/mol. The molecule has 0 heterocycles. The van der Waals surface area contributed by atoms with Gasteiger partial charge >= 0.3 is 5.97 Å². The number of fused-ring (bicyclic) bond motifs is 1.